The number of rotatable bonds is 4. The maximum Gasteiger partial charge on any atom is 0.252 e. The zero-order valence-corrected chi connectivity index (χ0v) is 11.9. The molecule has 0 aliphatic heterocycles. The van der Waals surface area contributed by atoms with E-state index in [4.69, 9.17) is 11.6 Å². The summed E-state index contributed by atoms with van der Waals surface area (Å²) >= 11 is 5.80. The molecule has 0 fully saturated rings. The molecule has 1 atom stereocenters. The van der Waals surface area contributed by atoms with Gasteiger partial charge in [-0.1, -0.05) is 41.9 Å². The number of nitrogens with one attached hydrogen (secondary N) is 1. The highest BCUT2D eigenvalue weighted by molar-refractivity contribution is 6.30. The van der Waals surface area contributed by atoms with Crippen LogP contribution in [0.15, 0.2) is 54.6 Å². The molecular formula is C16H16ClNO2. The van der Waals surface area contributed by atoms with Crippen molar-refractivity contribution in [1.29, 1.82) is 0 Å². The first-order valence-electron chi connectivity index (χ1n) is 6.29. The molecule has 0 radical (unpaired) electrons. The van der Waals surface area contributed by atoms with Gasteiger partial charge < -0.3 is 10.4 Å². The van der Waals surface area contributed by atoms with Crippen molar-refractivity contribution >= 4 is 17.5 Å². The van der Waals surface area contributed by atoms with Crippen LogP contribution in [0.2, 0.25) is 5.02 Å². The Morgan fingerprint density at radius 3 is 2.30 bits per heavy atom. The van der Waals surface area contributed by atoms with E-state index in [1.165, 1.54) is 0 Å². The first-order chi connectivity index (χ1) is 9.55. The molecule has 0 aromatic heterocycles. The van der Waals surface area contributed by atoms with Crippen LogP contribution in [0.5, 0.6) is 0 Å². The quantitative estimate of drug-likeness (QED) is 0.909. The fourth-order valence-electron chi connectivity index (χ4n) is 1.93. The minimum atomic E-state index is -0.821. The zero-order chi connectivity index (χ0) is 14.6. The Labute approximate surface area is 123 Å². The summed E-state index contributed by atoms with van der Waals surface area (Å²) in [7, 11) is 0. The number of amides is 1. The van der Waals surface area contributed by atoms with Crippen molar-refractivity contribution < 1.29 is 9.90 Å². The van der Waals surface area contributed by atoms with E-state index in [1.807, 2.05) is 30.3 Å². The summed E-state index contributed by atoms with van der Waals surface area (Å²) < 4.78 is 0. The summed E-state index contributed by atoms with van der Waals surface area (Å²) in [6, 6.07) is 16.0. The smallest absolute Gasteiger partial charge is 0.252 e. The number of hydrogen-bond acceptors (Lipinski definition) is 2. The molecule has 0 heterocycles. The van der Waals surface area contributed by atoms with E-state index in [9.17, 15) is 9.90 Å². The molecule has 0 aliphatic carbocycles. The van der Waals surface area contributed by atoms with Crippen molar-refractivity contribution in [3.05, 3.63) is 70.7 Å². The molecule has 2 rings (SSSR count). The molecule has 2 aromatic carbocycles. The van der Waals surface area contributed by atoms with Gasteiger partial charge in [-0.05, 0) is 36.8 Å². The van der Waals surface area contributed by atoms with Crippen LogP contribution in [0.4, 0.5) is 0 Å². The summed E-state index contributed by atoms with van der Waals surface area (Å²) in [5.41, 5.74) is 0.535. The molecule has 2 N–H and O–H groups in total. The summed E-state index contributed by atoms with van der Waals surface area (Å²) in [5.74, 6) is -0.248. The topological polar surface area (TPSA) is 49.3 Å². The number of halogens is 1. The average molecular weight is 290 g/mol. The van der Waals surface area contributed by atoms with Crippen molar-refractivity contribution in [3.8, 4) is 0 Å². The van der Waals surface area contributed by atoms with Gasteiger partial charge in [-0.3, -0.25) is 4.79 Å². The second-order valence-corrected chi connectivity index (χ2v) is 5.25. The van der Waals surface area contributed by atoms with Crippen molar-refractivity contribution in [2.45, 2.75) is 12.5 Å². The largest absolute Gasteiger partial charge is 0.394 e. The molecule has 2 aromatic rings. The zero-order valence-electron chi connectivity index (χ0n) is 11.1. The first-order valence-corrected chi connectivity index (χ1v) is 6.67. The van der Waals surface area contributed by atoms with Crippen LogP contribution in [-0.2, 0) is 5.54 Å². The minimum absolute atomic E-state index is 0.184. The first kappa shape index (κ1) is 14.6. The second kappa shape index (κ2) is 6.07. The summed E-state index contributed by atoms with van der Waals surface area (Å²) in [6.45, 7) is 1.60. The maximum atomic E-state index is 12.2. The van der Waals surface area contributed by atoms with Gasteiger partial charge in [-0.2, -0.15) is 0 Å². The molecule has 0 saturated carbocycles. The van der Waals surface area contributed by atoms with Gasteiger partial charge in [0.05, 0.1) is 12.1 Å². The molecule has 1 amide bonds. The lowest BCUT2D eigenvalue weighted by Crippen LogP contribution is -2.46. The fourth-order valence-corrected chi connectivity index (χ4v) is 2.06. The van der Waals surface area contributed by atoms with E-state index in [0.29, 0.717) is 10.6 Å². The molecule has 3 nitrogen and oxygen atoms in total. The third-order valence-electron chi connectivity index (χ3n) is 3.22. The van der Waals surface area contributed by atoms with E-state index in [0.717, 1.165) is 5.56 Å². The minimum Gasteiger partial charge on any atom is -0.394 e. The van der Waals surface area contributed by atoms with Crippen LogP contribution in [0, 0.1) is 0 Å². The summed E-state index contributed by atoms with van der Waals surface area (Å²) in [4.78, 5) is 12.2. The van der Waals surface area contributed by atoms with Crippen LogP contribution < -0.4 is 5.32 Å². The Hall–Kier alpha value is -1.84. The fraction of sp³-hybridized carbons (Fsp3) is 0.188. The molecule has 0 bridgehead atoms. The van der Waals surface area contributed by atoms with Gasteiger partial charge in [0.1, 0.15) is 0 Å². The van der Waals surface area contributed by atoms with Gasteiger partial charge >= 0.3 is 0 Å². The lowest BCUT2D eigenvalue weighted by Gasteiger charge is -2.29. The highest BCUT2D eigenvalue weighted by atomic mass is 35.5. The number of aliphatic hydroxyl groups excluding tert-OH is 1. The monoisotopic (exact) mass is 289 g/mol. The van der Waals surface area contributed by atoms with Gasteiger partial charge in [0.15, 0.2) is 0 Å². The SMILES string of the molecule is CC(CO)(NC(=O)c1ccc(Cl)cc1)c1ccccc1. The van der Waals surface area contributed by atoms with E-state index >= 15 is 0 Å². The molecule has 1 unspecified atom stereocenters. The number of aliphatic hydroxyl groups is 1. The van der Waals surface area contributed by atoms with Crippen molar-refractivity contribution in [2.24, 2.45) is 0 Å². The predicted molar refractivity (Wildman–Crippen MR) is 79.8 cm³/mol. The van der Waals surface area contributed by atoms with Crippen molar-refractivity contribution in [1.82, 2.24) is 5.32 Å². The van der Waals surface area contributed by atoms with E-state index in [-0.39, 0.29) is 12.5 Å². The molecule has 0 spiro atoms. The van der Waals surface area contributed by atoms with Gasteiger partial charge in [0, 0.05) is 10.6 Å². The maximum absolute atomic E-state index is 12.2. The number of carbonyl (C=O) groups is 1. The van der Waals surface area contributed by atoms with Crippen LogP contribution in [-0.4, -0.2) is 17.6 Å². The van der Waals surface area contributed by atoms with E-state index < -0.39 is 5.54 Å². The number of benzene rings is 2. The normalized spacial score (nSPS) is 13.6. The lowest BCUT2D eigenvalue weighted by molar-refractivity contribution is 0.0849. The summed E-state index contributed by atoms with van der Waals surface area (Å²) in [5, 5.41) is 13.1. The Morgan fingerprint density at radius 1 is 1.15 bits per heavy atom. The highest BCUT2D eigenvalue weighted by Gasteiger charge is 2.27. The van der Waals surface area contributed by atoms with Crippen LogP contribution in [0.1, 0.15) is 22.8 Å². The number of hydrogen-bond donors (Lipinski definition) is 2. The van der Waals surface area contributed by atoms with Gasteiger partial charge in [-0.15, -0.1) is 0 Å². The van der Waals surface area contributed by atoms with Gasteiger partial charge in [0.25, 0.3) is 5.91 Å². The van der Waals surface area contributed by atoms with Gasteiger partial charge in [0.2, 0.25) is 0 Å². The molecule has 104 valence electrons. The van der Waals surface area contributed by atoms with E-state index in [1.54, 1.807) is 31.2 Å². The Kier molecular flexibility index (Phi) is 4.42. The van der Waals surface area contributed by atoms with Crippen molar-refractivity contribution in [2.75, 3.05) is 6.61 Å². The standard InChI is InChI=1S/C16H16ClNO2/c1-16(11-19,13-5-3-2-4-6-13)18-15(20)12-7-9-14(17)10-8-12/h2-10,19H,11H2,1H3,(H,18,20). The number of carbonyl (C=O) groups excluding carboxylic acids is 1. The molecule has 0 aliphatic rings. The third-order valence-corrected chi connectivity index (χ3v) is 3.47. The van der Waals surface area contributed by atoms with Crippen LogP contribution >= 0.6 is 11.6 Å². The highest BCUT2D eigenvalue weighted by Crippen LogP contribution is 2.20. The van der Waals surface area contributed by atoms with Gasteiger partial charge in [-0.25, -0.2) is 0 Å². The van der Waals surface area contributed by atoms with Crippen LogP contribution in [0.25, 0.3) is 0 Å². The molecule has 4 heteroatoms. The van der Waals surface area contributed by atoms with E-state index in [2.05, 4.69) is 5.32 Å². The molecule has 0 saturated heterocycles. The Morgan fingerprint density at radius 2 is 1.75 bits per heavy atom. The van der Waals surface area contributed by atoms with Crippen LogP contribution in [0.3, 0.4) is 0 Å². The average Bonchev–Trinajstić information content (AvgIpc) is 2.48. The molecular weight excluding hydrogens is 274 g/mol. The third kappa shape index (κ3) is 3.18. The second-order valence-electron chi connectivity index (χ2n) is 4.82. The Bertz CT molecular complexity index is 583. The lowest BCUT2D eigenvalue weighted by atomic mass is 9.92. The van der Waals surface area contributed by atoms with Crippen molar-refractivity contribution in [3.63, 3.8) is 0 Å². The summed E-state index contributed by atoms with van der Waals surface area (Å²) in [6.07, 6.45) is 0. The predicted octanol–water partition coefficient (Wildman–Crippen LogP) is 2.98. The molecule has 20 heavy (non-hydrogen) atoms. The Balaban J connectivity index is 2.22.